The SMILES string of the molecule is C#CC.CC.CC.CC.CC.CC.CC.CCC. The van der Waals surface area contributed by atoms with E-state index in [0.29, 0.717) is 0 Å². The molecule has 0 saturated heterocycles. The van der Waals surface area contributed by atoms with Crippen LogP contribution < -0.4 is 0 Å². The van der Waals surface area contributed by atoms with Crippen LogP contribution in [0.15, 0.2) is 0 Å². The van der Waals surface area contributed by atoms with Crippen LogP contribution in [-0.2, 0) is 0 Å². The first kappa shape index (κ1) is 52.7. The van der Waals surface area contributed by atoms with E-state index in [9.17, 15) is 0 Å². The minimum absolute atomic E-state index is 1.25. The Morgan fingerprint density at radius 2 is 0.556 bits per heavy atom. The predicted octanol–water partition coefficient (Wildman–Crippen LogP) is 8.21. The monoisotopic (exact) mass is 264 g/mol. The Balaban J connectivity index is -0.0000000107. The Morgan fingerprint density at radius 1 is 0.556 bits per heavy atom. The lowest BCUT2D eigenvalue weighted by atomic mass is 10.6. The minimum Gasteiger partial charge on any atom is -0.120 e. The highest BCUT2D eigenvalue weighted by Gasteiger charge is 1.35. The topological polar surface area (TPSA) is 0 Å². The minimum atomic E-state index is 1.25. The van der Waals surface area contributed by atoms with Gasteiger partial charge in [0.2, 0.25) is 0 Å². The van der Waals surface area contributed by atoms with Crippen LogP contribution in [0.5, 0.6) is 0 Å². The molecule has 0 fully saturated rings. The molecule has 0 aliphatic carbocycles. The first-order valence-electron chi connectivity index (χ1n) is 8.20. The van der Waals surface area contributed by atoms with Crippen LogP contribution in [0, 0.1) is 12.3 Å². The molecule has 0 aromatic heterocycles. The highest BCUT2D eigenvalue weighted by atomic mass is 13.4. The van der Waals surface area contributed by atoms with Crippen molar-refractivity contribution in [2.45, 2.75) is 110 Å². The summed E-state index contributed by atoms with van der Waals surface area (Å²) in [4.78, 5) is 0. The van der Waals surface area contributed by atoms with Gasteiger partial charge in [-0.25, -0.2) is 0 Å². The van der Waals surface area contributed by atoms with Crippen molar-refractivity contribution in [2.24, 2.45) is 0 Å². The number of hydrogen-bond donors (Lipinski definition) is 0. The predicted molar refractivity (Wildman–Crippen MR) is 98.6 cm³/mol. The van der Waals surface area contributed by atoms with Gasteiger partial charge >= 0.3 is 0 Å². The summed E-state index contributed by atoms with van der Waals surface area (Å²) in [6.45, 7) is 29.9. The van der Waals surface area contributed by atoms with Gasteiger partial charge in [-0.3, -0.25) is 0 Å². The molecule has 0 bridgehead atoms. The van der Waals surface area contributed by atoms with Gasteiger partial charge < -0.3 is 0 Å². The molecule has 0 heteroatoms. The van der Waals surface area contributed by atoms with Gasteiger partial charge in [0, 0.05) is 0 Å². The van der Waals surface area contributed by atoms with E-state index in [4.69, 9.17) is 0 Å². The van der Waals surface area contributed by atoms with Gasteiger partial charge in [0.25, 0.3) is 0 Å². The summed E-state index contributed by atoms with van der Waals surface area (Å²) in [6, 6.07) is 0. The van der Waals surface area contributed by atoms with Gasteiger partial charge in [-0.05, 0) is 6.92 Å². The van der Waals surface area contributed by atoms with Crippen molar-refractivity contribution in [3.05, 3.63) is 0 Å². The molecule has 0 radical (unpaired) electrons. The highest BCUT2D eigenvalue weighted by Crippen LogP contribution is 1.56. The molecule has 0 aliphatic heterocycles. The maximum atomic E-state index is 4.60. The first-order chi connectivity index (χ1) is 8.83. The molecule has 0 rings (SSSR count). The van der Waals surface area contributed by atoms with Crippen molar-refractivity contribution in [1.29, 1.82) is 0 Å². The highest BCUT2D eigenvalue weighted by molar-refractivity contribution is 4.73. The van der Waals surface area contributed by atoms with E-state index < -0.39 is 0 Å². The van der Waals surface area contributed by atoms with Gasteiger partial charge in [-0.1, -0.05) is 103 Å². The third-order valence-electron chi connectivity index (χ3n) is 0. The van der Waals surface area contributed by atoms with Gasteiger partial charge in [0.15, 0.2) is 0 Å². The fourth-order valence-corrected chi connectivity index (χ4v) is 0. The van der Waals surface area contributed by atoms with Crippen molar-refractivity contribution in [3.8, 4) is 12.3 Å². The summed E-state index contributed by atoms with van der Waals surface area (Å²) >= 11 is 0. The second kappa shape index (κ2) is 1650. The van der Waals surface area contributed by atoms with E-state index >= 15 is 0 Å². The van der Waals surface area contributed by atoms with Crippen molar-refractivity contribution in [2.75, 3.05) is 0 Å². The Morgan fingerprint density at radius 3 is 0.556 bits per heavy atom. The van der Waals surface area contributed by atoms with Crippen LogP contribution in [0.25, 0.3) is 0 Å². The zero-order valence-corrected chi connectivity index (χ0v) is 16.8. The van der Waals surface area contributed by atoms with E-state index in [1.54, 1.807) is 6.92 Å². The molecule has 0 aromatic rings. The van der Waals surface area contributed by atoms with Crippen LogP contribution in [0.4, 0.5) is 0 Å². The molecule has 0 amide bonds. The lowest BCUT2D eigenvalue weighted by Gasteiger charge is -1.48. The molecule has 0 saturated carbocycles. The first-order valence-corrected chi connectivity index (χ1v) is 8.20. The van der Waals surface area contributed by atoms with E-state index in [1.165, 1.54) is 6.42 Å². The molecule has 0 heterocycles. The van der Waals surface area contributed by atoms with E-state index in [2.05, 4.69) is 26.2 Å². The molecular formula is C18H48. The Labute approximate surface area is 123 Å². The summed E-state index contributed by atoms with van der Waals surface area (Å²) in [6.07, 6.45) is 5.85. The normalized spacial score (nSPS) is 3.44. The quantitative estimate of drug-likeness (QED) is 0.387. The zero-order valence-electron chi connectivity index (χ0n) is 16.8. The van der Waals surface area contributed by atoms with Crippen molar-refractivity contribution in [1.82, 2.24) is 0 Å². The van der Waals surface area contributed by atoms with Gasteiger partial charge in [-0.15, -0.1) is 12.3 Å². The average molecular weight is 265 g/mol. The Kier molecular flexibility index (Phi) is 4820. The fraction of sp³-hybridized carbons (Fsp3) is 0.889. The van der Waals surface area contributed by atoms with Crippen LogP contribution in [0.1, 0.15) is 110 Å². The summed E-state index contributed by atoms with van der Waals surface area (Å²) in [5.74, 6) is 2.25. The third-order valence-corrected chi connectivity index (χ3v) is 0. The largest absolute Gasteiger partial charge is 0.120 e. The van der Waals surface area contributed by atoms with E-state index in [0.717, 1.165) is 0 Å². The van der Waals surface area contributed by atoms with Gasteiger partial charge in [0.1, 0.15) is 0 Å². The maximum Gasteiger partial charge on any atom is -0.00297 e. The smallest absolute Gasteiger partial charge is 0.00297 e. The van der Waals surface area contributed by atoms with Crippen LogP contribution in [-0.4, -0.2) is 0 Å². The molecule has 0 atom stereocenters. The lowest BCUT2D eigenvalue weighted by Crippen LogP contribution is -1.27. The molecule has 120 valence electrons. The Bertz CT molecular complexity index is 29.8. The van der Waals surface area contributed by atoms with Crippen molar-refractivity contribution in [3.63, 3.8) is 0 Å². The lowest BCUT2D eigenvalue weighted by molar-refractivity contribution is 1.09. The zero-order chi connectivity index (χ0) is 17.4. The molecule has 0 spiro atoms. The Hall–Kier alpha value is -0.440. The van der Waals surface area contributed by atoms with E-state index in [1.807, 2.05) is 83.1 Å². The standard InChI is InChI=1S/C3H8.C3H4.6C2H6/c2*1-3-2;6*1-2/h3H2,1-2H3;1H,2H3;6*1-2H3. The second-order valence-corrected chi connectivity index (χ2v) is 0.996. The number of terminal acetylenes is 1. The van der Waals surface area contributed by atoms with Gasteiger partial charge in [-0.2, -0.15) is 0 Å². The number of rotatable bonds is 0. The molecule has 0 N–H and O–H groups in total. The summed E-state index contributed by atoms with van der Waals surface area (Å²) in [7, 11) is 0. The maximum absolute atomic E-state index is 4.60. The number of hydrogen-bond acceptors (Lipinski definition) is 0. The van der Waals surface area contributed by atoms with Gasteiger partial charge in [0.05, 0.1) is 0 Å². The van der Waals surface area contributed by atoms with Crippen LogP contribution >= 0.6 is 0 Å². The molecule has 18 heavy (non-hydrogen) atoms. The molecular weight excluding hydrogens is 216 g/mol. The fourth-order valence-electron chi connectivity index (χ4n) is 0. The van der Waals surface area contributed by atoms with E-state index in [-0.39, 0.29) is 0 Å². The van der Waals surface area contributed by atoms with Crippen LogP contribution in [0.3, 0.4) is 0 Å². The second-order valence-electron chi connectivity index (χ2n) is 0.996. The molecule has 0 unspecified atom stereocenters. The molecule has 0 nitrogen and oxygen atoms in total. The van der Waals surface area contributed by atoms with Crippen molar-refractivity contribution >= 4 is 0 Å². The molecule has 0 aromatic carbocycles. The van der Waals surface area contributed by atoms with Crippen LogP contribution in [0.2, 0.25) is 0 Å². The summed E-state index contributed by atoms with van der Waals surface area (Å²) in [5, 5.41) is 0. The summed E-state index contributed by atoms with van der Waals surface area (Å²) < 4.78 is 0. The van der Waals surface area contributed by atoms with Crippen molar-refractivity contribution < 1.29 is 0 Å². The summed E-state index contributed by atoms with van der Waals surface area (Å²) in [5.41, 5.74) is 0. The average Bonchev–Trinajstić information content (AvgIpc) is 2.52. The third kappa shape index (κ3) is 17000. The molecule has 0 aliphatic rings.